The lowest BCUT2D eigenvalue weighted by atomic mass is 9.94. The Morgan fingerprint density at radius 1 is 1.00 bits per heavy atom. The van der Waals surface area contributed by atoms with Gasteiger partial charge in [-0.05, 0) is 55.8 Å². The number of ether oxygens (including phenoxy) is 2. The quantitative estimate of drug-likeness (QED) is 0.432. The second kappa shape index (κ2) is 11.3. The second-order valence-electron chi connectivity index (χ2n) is 8.78. The molecule has 1 fully saturated rings. The molecule has 0 spiro atoms. The van der Waals surface area contributed by atoms with Gasteiger partial charge >= 0.3 is 12.0 Å². The van der Waals surface area contributed by atoms with E-state index in [4.69, 9.17) is 9.47 Å². The molecule has 2 amide bonds. The third kappa shape index (κ3) is 5.68. The maximum absolute atomic E-state index is 13.0. The molecule has 2 aliphatic heterocycles. The molecule has 1 atom stereocenters. The van der Waals surface area contributed by atoms with Crippen molar-refractivity contribution in [3.8, 4) is 5.75 Å². The Morgan fingerprint density at radius 2 is 1.67 bits per heavy atom. The minimum absolute atomic E-state index is 0.0500. The van der Waals surface area contributed by atoms with Gasteiger partial charge in [-0.3, -0.25) is 9.69 Å². The maximum Gasteiger partial charge on any atom is 0.338 e. The van der Waals surface area contributed by atoms with Crippen LogP contribution in [-0.2, 0) is 9.53 Å². The third-order valence-electron chi connectivity index (χ3n) is 6.49. The summed E-state index contributed by atoms with van der Waals surface area (Å²) in [6.07, 6.45) is 0. The number of anilines is 1. The van der Waals surface area contributed by atoms with Crippen molar-refractivity contribution in [2.75, 3.05) is 51.3 Å². The molecule has 1 saturated heterocycles. The summed E-state index contributed by atoms with van der Waals surface area (Å²) in [4.78, 5) is 41.6. The van der Waals surface area contributed by atoms with Crippen LogP contribution in [0.3, 0.4) is 0 Å². The van der Waals surface area contributed by atoms with E-state index < -0.39 is 12.0 Å². The van der Waals surface area contributed by atoms with Crippen LogP contribution in [0.4, 0.5) is 10.5 Å². The predicted octanol–water partition coefficient (Wildman–Crippen LogP) is 2.89. The van der Waals surface area contributed by atoms with Gasteiger partial charge in [0, 0.05) is 49.7 Å². The Kier molecular flexibility index (Phi) is 7.90. The number of Topliss-reactive ketones (excluding diaryl/α,β-unsaturated/α-hetero) is 1. The molecule has 0 saturated carbocycles. The lowest BCUT2D eigenvalue weighted by molar-refractivity contribution is -0.139. The van der Waals surface area contributed by atoms with Gasteiger partial charge in [-0.15, -0.1) is 0 Å². The van der Waals surface area contributed by atoms with Gasteiger partial charge in [0.25, 0.3) is 0 Å². The first-order valence-corrected chi connectivity index (χ1v) is 12.1. The average molecular weight is 493 g/mol. The first kappa shape index (κ1) is 25.2. The highest BCUT2D eigenvalue weighted by Crippen LogP contribution is 2.29. The predicted molar refractivity (Wildman–Crippen MR) is 136 cm³/mol. The highest BCUT2D eigenvalue weighted by molar-refractivity contribution is 5.95. The first-order chi connectivity index (χ1) is 17.4. The molecular formula is C27H32N4O5. The second-order valence-corrected chi connectivity index (χ2v) is 8.78. The van der Waals surface area contributed by atoms with E-state index in [9.17, 15) is 14.4 Å². The van der Waals surface area contributed by atoms with Crippen molar-refractivity contribution < 1.29 is 23.9 Å². The number of esters is 1. The summed E-state index contributed by atoms with van der Waals surface area (Å²) < 4.78 is 10.6. The number of nitrogens with one attached hydrogen (secondary N) is 2. The summed E-state index contributed by atoms with van der Waals surface area (Å²) in [5.74, 6) is 0.286. The number of nitrogens with zero attached hydrogens (tertiary/aromatic N) is 2. The van der Waals surface area contributed by atoms with Gasteiger partial charge in [0.05, 0.1) is 25.3 Å². The number of rotatable bonds is 8. The van der Waals surface area contributed by atoms with Crippen LogP contribution in [0, 0.1) is 0 Å². The fourth-order valence-electron chi connectivity index (χ4n) is 4.53. The number of ketones is 1. The maximum atomic E-state index is 13.0. The SMILES string of the molecule is CCOC(=O)C1=C(CN2CCN(c3ccc(C(C)=O)cc3)CC2)NC(=O)N[C@@H]1c1ccc(OC)cc1. The van der Waals surface area contributed by atoms with E-state index in [0.717, 1.165) is 37.4 Å². The number of methoxy groups -OCH3 is 1. The molecule has 2 heterocycles. The van der Waals surface area contributed by atoms with Crippen molar-refractivity contribution in [1.82, 2.24) is 15.5 Å². The van der Waals surface area contributed by atoms with Gasteiger partial charge in [-0.2, -0.15) is 0 Å². The highest BCUT2D eigenvalue weighted by Gasteiger charge is 2.34. The standard InChI is InChI=1S/C27H32N4O5/c1-4-36-26(33)24-23(28-27(34)29-25(24)20-7-11-22(35-3)12-8-20)17-30-13-15-31(16-14-30)21-9-5-19(6-10-21)18(2)32/h5-12,25H,4,13-17H2,1-3H3,(H2,28,29,34)/t25-/m1/s1. The molecule has 4 rings (SSSR count). The van der Waals surface area contributed by atoms with Crippen LogP contribution in [0.1, 0.15) is 35.8 Å². The molecule has 2 aromatic carbocycles. The molecule has 9 heteroatoms. The molecule has 0 bridgehead atoms. The number of carbonyl (C=O) groups is 3. The minimum Gasteiger partial charge on any atom is -0.497 e. The lowest BCUT2D eigenvalue weighted by Gasteiger charge is -2.38. The van der Waals surface area contributed by atoms with Crippen LogP contribution in [0.25, 0.3) is 0 Å². The van der Waals surface area contributed by atoms with Crippen molar-refractivity contribution >= 4 is 23.5 Å². The summed E-state index contributed by atoms with van der Waals surface area (Å²) in [6, 6.07) is 13.9. The Hall–Kier alpha value is -3.85. The third-order valence-corrected chi connectivity index (χ3v) is 6.49. The monoisotopic (exact) mass is 492 g/mol. The van der Waals surface area contributed by atoms with Crippen molar-refractivity contribution in [3.63, 3.8) is 0 Å². The molecule has 0 aromatic heterocycles. The Labute approximate surface area is 211 Å². The molecular weight excluding hydrogens is 460 g/mol. The summed E-state index contributed by atoms with van der Waals surface area (Å²) >= 11 is 0. The Morgan fingerprint density at radius 3 is 2.25 bits per heavy atom. The number of carbonyl (C=O) groups excluding carboxylic acids is 3. The number of urea groups is 1. The topological polar surface area (TPSA) is 100 Å². The molecule has 0 aliphatic carbocycles. The van der Waals surface area contributed by atoms with E-state index in [0.29, 0.717) is 29.1 Å². The highest BCUT2D eigenvalue weighted by atomic mass is 16.5. The zero-order chi connectivity index (χ0) is 25.7. The van der Waals surface area contributed by atoms with Crippen molar-refractivity contribution in [2.45, 2.75) is 19.9 Å². The fraction of sp³-hybridized carbons (Fsp3) is 0.370. The lowest BCUT2D eigenvalue weighted by Crippen LogP contribution is -2.51. The van der Waals surface area contributed by atoms with Gasteiger partial charge < -0.3 is 25.0 Å². The number of benzene rings is 2. The number of hydrogen-bond acceptors (Lipinski definition) is 7. The van der Waals surface area contributed by atoms with Crippen LogP contribution in [0.2, 0.25) is 0 Å². The number of amides is 2. The van der Waals surface area contributed by atoms with Crippen LogP contribution in [0.5, 0.6) is 5.75 Å². The first-order valence-electron chi connectivity index (χ1n) is 12.1. The molecule has 0 unspecified atom stereocenters. The molecule has 190 valence electrons. The van der Waals surface area contributed by atoms with Crippen LogP contribution in [0.15, 0.2) is 59.8 Å². The van der Waals surface area contributed by atoms with Gasteiger partial charge in [0.15, 0.2) is 5.78 Å². The summed E-state index contributed by atoms with van der Waals surface area (Å²) in [5.41, 5.74) is 3.50. The van der Waals surface area contributed by atoms with Crippen LogP contribution in [-0.4, -0.2) is 69.1 Å². The molecule has 9 nitrogen and oxygen atoms in total. The van der Waals surface area contributed by atoms with Crippen molar-refractivity contribution in [1.29, 1.82) is 0 Å². The van der Waals surface area contributed by atoms with Crippen LogP contribution >= 0.6 is 0 Å². The molecule has 2 aliphatic rings. The Bertz CT molecular complexity index is 1140. The van der Waals surface area contributed by atoms with Gasteiger partial charge in [0.2, 0.25) is 0 Å². The molecule has 36 heavy (non-hydrogen) atoms. The number of piperazine rings is 1. The van der Waals surface area contributed by atoms with Crippen LogP contribution < -0.4 is 20.3 Å². The molecule has 2 aromatic rings. The molecule has 2 N–H and O–H groups in total. The fourth-order valence-corrected chi connectivity index (χ4v) is 4.53. The van der Waals surface area contributed by atoms with E-state index in [2.05, 4.69) is 20.4 Å². The van der Waals surface area contributed by atoms with Gasteiger partial charge in [0.1, 0.15) is 5.75 Å². The van der Waals surface area contributed by atoms with Crippen molar-refractivity contribution in [2.24, 2.45) is 0 Å². The summed E-state index contributed by atoms with van der Waals surface area (Å²) in [5, 5.41) is 5.72. The minimum atomic E-state index is -0.625. The smallest absolute Gasteiger partial charge is 0.338 e. The summed E-state index contributed by atoms with van der Waals surface area (Å²) in [7, 11) is 1.59. The largest absolute Gasteiger partial charge is 0.497 e. The zero-order valence-electron chi connectivity index (χ0n) is 20.9. The Balaban J connectivity index is 1.52. The van der Waals surface area contributed by atoms with E-state index in [1.807, 2.05) is 36.4 Å². The van der Waals surface area contributed by atoms with E-state index >= 15 is 0 Å². The zero-order valence-corrected chi connectivity index (χ0v) is 20.9. The van der Waals surface area contributed by atoms with Gasteiger partial charge in [-0.1, -0.05) is 12.1 Å². The summed E-state index contributed by atoms with van der Waals surface area (Å²) in [6.45, 7) is 7.06. The van der Waals surface area contributed by atoms with Gasteiger partial charge in [-0.25, -0.2) is 9.59 Å². The average Bonchev–Trinajstić information content (AvgIpc) is 2.89. The van der Waals surface area contributed by atoms with Crippen molar-refractivity contribution in [3.05, 3.63) is 70.9 Å². The molecule has 0 radical (unpaired) electrons. The van der Waals surface area contributed by atoms with E-state index in [1.54, 1.807) is 33.1 Å². The van der Waals surface area contributed by atoms with E-state index in [-0.39, 0.29) is 18.4 Å². The number of hydrogen-bond donors (Lipinski definition) is 2. The normalized spacial score (nSPS) is 18.4. The van der Waals surface area contributed by atoms with E-state index in [1.165, 1.54) is 0 Å².